The molecule has 2 rings (SSSR count). The highest BCUT2D eigenvalue weighted by atomic mass is 16.2. The molecular formula is C11H14N4O2. The molecule has 0 bridgehead atoms. The third kappa shape index (κ3) is 3.01. The number of carbonyl (C=O) groups excluding carboxylic acids is 2. The lowest BCUT2D eigenvalue weighted by Gasteiger charge is -2.25. The number of pyridine rings is 1. The number of aromatic nitrogens is 1. The Morgan fingerprint density at radius 1 is 1.41 bits per heavy atom. The molecule has 2 amide bonds. The molecule has 2 N–H and O–H groups in total. The number of anilines is 1. The SMILES string of the molecule is CNc1cc(CN2CC(=O)NC(=O)C2)ccn1. The van der Waals surface area contributed by atoms with Gasteiger partial charge in [-0.1, -0.05) is 0 Å². The molecule has 0 saturated carbocycles. The van der Waals surface area contributed by atoms with Crippen LogP contribution >= 0.6 is 0 Å². The van der Waals surface area contributed by atoms with Crippen LogP contribution in [0.5, 0.6) is 0 Å². The summed E-state index contributed by atoms with van der Waals surface area (Å²) in [6.45, 7) is 1.07. The summed E-state index contributed by atoms with van der Waals surface area (Å²) in [4.78, 5) is 28.3. The number of hydrogen-bond acceptors (Lipinski definition) is 5. The van der Waals surface area contributed by atoms with Crippen molar-refractivity contribution in [3.63, 3.8) is 0 Å². The van der Waals surface area contributed by atoms with Crippen LogP contribution in [-0.2, 0) is 16.1 Å². The van der Waals surface area contributed by atoms with Crippen LogP contribution in [-0.4, -0.2) is 41.8 Å². The highest BCUT2D eigenvalue weighted by Gasteiger charge is 2.22. The molecule has 1 fully saturated rings. The van der Waals surface area contributed by atoms with Gasteiger partial charge in [-0.05, 0) is 17.7 Å². The monoisotopic (exact) mass is 234 g/mol. The number of nitrogens with zero attached hydrogens (tertiary/aromatic N) is 2. The summed E-state index contributed by atoms with van der Waals surface area (Å²) in [5.74, 6) is 0.281. The van der Waals surface area contributed by atoms with Crippen LogP contribution < -0.4 is 10.6 Å². The molecule has 90 valence electrons. The van der Waals surface area contributed by atoms with Gasteiger partial charge in [0, 0.05) is 19.8 Å². The van der Waals surface area contributed by atoms with Crippen molar-refractivity contribution in [1.29, 1.82) is 0 Å². The van der Waals surface area contributed by atoms with Gasteiger partial charge in [-0.3, -0.25) is 19.8 Å². The molecule has 0 atom stereocenters. The number of amides is 2. The largest absolute Gasteiger partial charge is 0.373 e. The van der Waals surface area contributed by atoms with E-state index in [1.54, 1.807) is 18.1 Å². The lowest BCUT2D eigenvalue weighted by Crippen LogP contribution is -2.50. The van der Waals surface area contributed by atoms with Crippen LogP contribution in [0.1, 0.15) is 5.56 Å². The zero-order valence-electron chi connectivity index (χ0n) is 9.56. The third-order valence-corrected chi connectivity index (χ3v) is 2.50. The quantitative estimate of drug-likeness (QED) is 0.695. The van der Waals surface area contributed by atoms with Crippen molar-refractivity contribution in [3.05, 3.63) is 23.9 Å². The lowest BCUT2D eigenvalue weighted by atomic mass is 10.2. The van der Waals surface area contributed by atoms with Crippen molar-refractivity contribution in [2.24, 2.45) is 0 Å². The Morgan fingerprint density at radius 2 is 2.12 bits per heavy atom. The molecule has 0 unspecified atom stereocenters. The fourth-order valence-corrected chi connectivity index (χ4v) is 1.78. The van der Waals surface area contributed by atoms with Gasteiger partial charge < -0.3 is 5.32 Å². The molecule has 0 spiro atoms. The fourth-order valence-electron chi connectivity index (χ4n) is 1.78. The molecule has 1 aliphatic heterocycles. The average molecular weight is 234 g/mol. The molecule has 0 radical (unpaired) electrons. The second-order valence-corrected chi connectivity index (χ2v) is 3.92. The summed E-state index contributed by atoms with van der Waals surface area (Å²) < 4.78 is 0. The second-order valence-electron chi connectivity index (χ2n) is 3.92. The van der Waals surface area contributed by atoms with Crippen LogP contribution in [0, 0.1) is 0 Å². The second kappa shape index (κ2) is 4.92. The molecule has 1 aliphatic rings. The van der Waals surface area contributed by atoms with Gasteiger partial charge in [-0.2, -0.15) is 0 Å². The van der Waals surface area contributed by atoms with E-state index in [1.807, 2.05) is 12.1 Å². The molecular weight excluding hydrogens is 220 g/mol. The molecule has 1 aromatic heterocycles. The zero-order valence-corrected chi connectivity index (χ0v) is 9.56. The van der Waals surface area contributed by atoms with E-state index in [0.717, 1.165) is 11.4 Å². The Labute approximate surface area is 99.0 Å². The summed E-state index contributed by atoms with van der Waals surface area (Å²) in [7, 11) is 1.80. The molecule has 6 heteroatoms. The smallest absolute Gasteiger partial charge is 0.240 e. The number of carbonyl (C=O) groups is 2. The van der Waals surface area contributed by atoms with Crippen LogP contribution in [0.2, 0.25) is 0 Å². The third-order valence-electron chi connectivity index (χ3n) is 2.50. The lowest BCUT2D eigenvalue weighted by molar-refractivity contribution is -0.136. The maximum Gasteiger partial charge on any atom is 0.240 e. The summed E-state index contributed by atoms with van der Waals surface area (Å²) in [5.41, 5.74) is 1.02. The number of rotatable bonds is 3. The summed E-state index contributed by atoms with van der Waals surface area (Å²) in [5, 5.41) is 5.22. The average Bonchev–Trinajstić information content (AvgIpc) is 2.28. The summed E-state index contributed by atoms with van der Waals surface area (Å²) in [6, 6.07) is 3.77. The molecule has 1 aromatic rings. The zero-order chi connectivity index (χ0) is 12.3. The molecule has 17 heavy (non-hydrogen) atoms. The molecule has 1 saturated heterocycles. The van der Waals surface area contributed by atoms with Crippen molar-refractivity contribution in [2.75, 3.05) is 25.5 Å². The van der Waals surface area contributed by atoms with Gasteiger partial charge in [0.15, 0.2) is 0 Å². The minimum Gasteiger partial charge on any atom is -0.373 e. The number of nitrogens with one attached hydrogen (secondary N) is 2. The van der Waals surface area contributed by atoms with E-state index in [9.17, 15) is 9.59 Å². The first-order valence-corrected chi connectivity index (χ1v) is 5.35. The van der Waals surface area contributed by atoms with E-state index in [1.165, 1.54) is 0 Å². The normalized spacial score (nSPS) is 16.8. The topological polar surface area (TPSA) is 74.3 Å². The number of piperazine rings is 1. The molecule has 0 aromatic carbocycles. The van der Waals surface area contributed by atoms with Crippen molar-refractivity contribution in [1.82, 2.24) is 15.2 Å². The summed E-state index contributed by atoms with van der Waals surface area (Å²) >= 11 is 0. The van der Waals surface area contributed by atoms with Crippen molar-refractivity contribution in [2.45, 2.75) is 6.54 Å². The minimum absolute atomic E-state index is 0.246. The number of hydrogen-bond donors (Lipinski definition) is 2. The van der Waals surface area contributed by atoms with E-state index in [0.29, 0.717) is 6.54 Å². The summed E-state index contributed by atoms with van der Waals surface area (Å²) in [6.07, 6.45) is 1.70. The standard InChI is InChI=1S/C11H14N4O2/c1-12-9-4-8(2-3-13-9)5-15-6-10(16)14-11(17)7-15/h2-4H,5-7H2,1H3,(H,12,13)(H,14,16,17). The van der Waals surface area contributed by atoms with Gasteiger partial charge in [0.1, 0.15) is 5.82 Å². The molecule has 0 aliphatic carbocycles. The Hall–Kier alpha value is -1.95. The van der Waals surface area contributed by atoms with Crippen LogP contribution in [0.15, 0.2) is 18.3 Å². The van der Waals surface area contributed by atoms with Crippen molar-refractivity contribution >= 4 is 17.6 Å². The minimum atomic E-state index is -0.246. The van der Waals surface area contributed by atoms with E-state index in [2.05, 4.69) is 15.6 Å². The first kappa shape index (κ1) is 11.5. The van der Waals surface area contributed by atoms with Gasteiger partial charge in [-0.25, -0.2) is 4.98 Å². The Kier molecular flexibility index (Phi) is 3.34. The van der Waals surface area contributed by atoms with Crippen molar-refractivity contribution in [3.8, 4) is 0 Å². The maximum atomic E-state index is 11.2. The Balaban J connectivity index is 2.04. The first-order valence-electron chi connectivity index (χ1n) is 5.35. The van der Waals surface area contributed by atoms with Crippen LogP contribution in [0.4, 0.5) is 5.82 Å². The number of imide groups is 1. The van der Waals surface area contributed by atoms with E-state index < -0.39 is 0 Å². The fraction of sp³-hybridized carbons (Fsp3) is 0.364. The Morgan fingerprint density at radius 3 is 2.76 bits per heavy atom. The molecule has 6 nitrogen and oxygen atoms in total. The first-order chi connectivity index (χ1) is 8.17. The van der Waals surface area contributed by atoms with Crippen molar-refractivity contribution < 1.29 is 9.59 Å². The highest BCUT2D eigenvalue weighted by Crippen LogP contribution is 2.09. The van der Waals surface area contributed by atoms with E-state index in [-0.39, 0.29) is 24.9 Å². The van der Waals surface area contributed by atoms with Gasteiger partial charge in [-0.15, -0.1) is 0 Å². The van der Waals surface area contributed by atoms with Gasteiger partial charge in [0.25, 0.3) is 0 Å². The van der Waals surface area contributed by atoms with Gasteiger partial charge in [0.2, 0.25) is 11.8 Å². The predicted octanol–water partition coefficient (Wildman–Crippen LogP) is -0.418. The Bertz CT molecular complexity index is 431. The van der Waals surface area contributed by atoms with E-state index >= 15 is 0 Å². The highest BCUT2D eigenvalue weighted by molar-refractivity contribution is 5.99. The van der Waals surface area contributed by atoms with Gasteiger partial charge >= 0.3 is 0 Å². The predicted molar refractivity (Wildman–Crippen MR) is 62.2 cm³/mol. The van der Waals surface area contributed by atoms with Crippen LogP contribution in [0.25, 0.3) is 0 Å². The van der Waals surface area contributed by atoms with E-state index in [4.69, 9.17) is 0 Å². The van der Waals surface area contributed by atoms with Gasteiger partial charge in [0.05, 0.1) is 13.1 Å². The maximum absolute atomic E-state index is 11.2. The molecule has 2 heterocycles. The van der Waals surface area contributed by atoms with Crippen LogP contribution in [0.3, 0.4) is 0 Å².